The van der Waals surface area contributed by atoms with Crippen LogP contribution in [0.25, 0.3) is 22.6 Å². The van der Waals surface area contributed by atoms with Crippen molar-refractivity contribution in [2.24, 2.45) is 0 Å². The van der Waals surface area contributed by atoms with Crippen LogP contribution in [0.3, 0.4) is 0 Å². The molecule has 26 heavy (non-hydrogen) atoms. The number of benzene rings is 2. The van der Waals surface area contributed by atoms with Gasteiger partial charge in [-0.2, -0.15) is 0 Å². The van der Waals surface area contributed by atoms with Gasteiger partial charge in [0.2, 0.25) is 5.89 Å². The van der Waals surface area contributed by atoms with E-state index in [-0.39, 0.29) is 11.7 Å². The number of halogens is 1. The Morgan fingerprint density at radius 3 is 2.85 bits per heavy atom. The van der Waals surface area contributed by atoms with Gasteiger partial charge in [0.1, 0.15) is 17.1 Å². The number of hydrogen-bond donors (Lipinski definition) is 1. The minimum Gasteiger partial charge on any atom is -0.469 e. The number of amides is 1. The van der Waals surface area contributed by atoms with Crippen LogP contribution in [0.15, 0.2) is 69.7 Å². The highest BCUT2D eigenvalue weighted by molar-refractivity contribution is 5.97. The molecule has 0 aliphatic rings. The molecular formula is C20H15FN2O3. The second-order valence-electron chi connectivity index (χ2n) is 5.80. The first kappa shape index (κ1) is 16.1. The predicted molar refractivity (Wildman–Crippen MR) is 94.1 cm³/mol. The summed E-state index contributed by atoms with van der Waals surface area (Å²) in [6, 6.07) is 14.7. The molecule has 2 aromatic heterocycles. The molecule has 0 saturated carbocycles. The Hall–Kier alpha value is -3.41. The topological polar surface area (TPSA) is 68.3 Å². The van der Waals surface area contributed by atoms with Crippen molar-refractivity contribution in [1.82, 2.24) is 10.3 Å². The van der Waals surface area contributed by atoms with Crippen LogP contribution in [0.5, 0.6) is 0 Å². The Kier molecular flexibility index (Phi) is 4.23. The van der Waals surface area contributed by atoms with Gasteiger partial charge in [-0.05, 0) is 48.5 Å². The summed E-state index contributed by atoms with van der Waals surface area (Å²) in [5, 5.41) is 2.84. The summed E-state index contributed by atoms with van der Waals surface area (Å²) in [4.78, 5) is 16.6. The third-order valence-electron chi connectivity index (χ3n) is 3.96. The van der Waals surface area contributed by atoms with Crippen LogP contribution in [0.1, 0.15) is 16.1 Å². The van der Waals surface area contributed by atoms with Crippen molar-refractivity contribution in [3.63, 3.8) is 0 Å². The van der Waals surface area contributed by atoms with E-state index in [4.69, 9.17) is 8.83 Å². The number of oxazole rings is 1. The molecule has 130 valence electrons. The normalized spacial score (nSPS) is 11.0. The Morgan fingerprint density at radius 1 is 1.12 bits per heavy atom. The molecule has 4 rings (SSSR count). The highest BCUT2D eigenvalue weighted by atomic mass is 19.1. The summed E-state index contributed by atoms with van der Waals surface area (Å²) in [5.74, 6) is 0.571. The van der Waals surface area contributed by atoms with Crippen molar-refractivity contribution in [2.75, 3.05) is 6.54 Å². The minimum atomic E-state index is -0.360. The van der Waals surface area contributed by atoms with Gasteiger partial charge in [0.25, 0.3) is 5.91 Å². The van der Waals surface area contributed by atoms with Crippen molar-refractivity contribution >= 4 is 17.0 Å². The number of fused-ring (bicyclic) bond motifs is 1. The van der Waals surface area contributed by atoms with E-state index in [0.29, 0.717) is 41.1 Å². The Bertz CT molecular complexity index is 1050. The average Bonchev–Trinajstić information content (AvgIpc) is 3.30. The molecule has 0 fully saturated rings. The van der Waals surface area contributed by atoms with Crippen LogP contribution in [0.4, 0.5) is 4.39 Å². The maximum Gasteiger partial charge on any atom is 0.251 e. The molecule has 5 nitrogen and oxygen atoms in total. The number of aromatic nitrogens is 1. The smallest absolute Gasteiger partial charge is 0.251 e. The number of carbonyl (C=O) groups is 1. The zero-order chi connectivity index (χ0) is 17.9. The number of hydrogen-bond acceptors (Lipinski definition) is 4. The van der Waals surface area contributed by atoms with Gasteiger partial charge in [-0.15, -0.1) is 0 Å². The zero-order valence-electron chi connectivity index (χ0n) is 13.7. The van der Waals surface area contributed by atoms with Crippen molar-refractivity contribution < 1.29 is 18.0 Å². The van der Waals surface area contributed by atoms with Crippen LogP contribution in [-0.2, 0) is 6.42 Å². The number of nitrogens with one attached hydrogen (secondary N) is 1. The Balaban J connectivity index is 1.50. The first-order valence-corrected chi connectivity index (χ1v) is 8.16. The summed E-state index contributed by atoms with van der Waals surface area (Å²) in [7, 11) is 0. The summed E-state index contributed by atoms with van der Waals surface area (Å²) >= 11 is 0. The zero-order valence-corrected chi connectivity index (χ0v) is 13.7. The average molecular weight is 350 g/mol. The molecule has 6 heteroatoms. The number of nitrogens with zero attached hydrogens (tertiary/aromatic N) is 1. The molecule has 1 amide bonds. The molecule has 0 saturated heterocycles. The second-order valence-corrected chi connectivity index (χ2v) is 5.80. The first-order chi connectivity index (χ1) is 12.7. The minimum absolute atomic E-state index is 0.200. The van der Waals surface area contributed by atoms with Crippen molar-refractivity contribution in [2.45, 2.75) is 6.42 Å². The van der Waals surface area contributed by atoms with Gasteiger partial charge in [0.05, 0.1) is 6.26 Å². The van der Waals surface area contributed by atoms with Crippen LogP contribution in [0, 0.1) is 5.82 Å². The van der Waals surface area contributed by atoms with Gasteiger partial charge < -0.3 is 14.2 Å². The van der Waals surface area contributed by atoms with Gasteiger partial charge in [0.15, 0.2) is 5.58 Å². The van der Waals surface area contributed by atoms with E-state index >= 15 is 0 Å². The summed E-state index contributed by atoms with van der Waals surface area (Å²) in [6.07, 6.45) is 2.22. The quantitative estimate of drug-likeness (QED) is 0.586. The third-order valence-corrected chi connectivity index (χ3v) is 3.96. The molecule has 0 radical (unpaired) electrons. The van der Waals surface area contributed by atoms with Crippen molar-refractivity contribution in [3.8, 4) is 11.5 Å². The SMILES string of the molecule is O=C(NCCc1ccco1)c1ccc2oc(-c3cccc(F)c3)nc2c1. The second kappa shape index (κ2) is 6.84. The lowest BCUT2D eigenvalue weighted by Crippen LogP contribution is -2.25. The van der Waals surface area contributed by atoms with E-state index in [1.807, 2.05) is 12.1 Å². The van der Waals surface area contributed by atoms with Crippen LogP contribution >= 0.6 is 0 Å². The van der Waals surface area contributed by atoms with Gasteiger partial charge in [0, 0.05) is 24.1 Å². The van der Waals surface area contributed by atoms with Crippen molar-refractivity contribution in [1.29, 1.82) is 0 Å². The number of carbonyl (C=O) groups excluding carboxylic acids is 1. The van der Waals surface area contributed by atoms with Gasteiger partial charge >= 0.3 is 0 Å². The highest BCUT2D eigenvalue weighted by Crippen LogP contribution is 2.25. The number of furan rings is 1. The fraction of sp³-hybridized carbons (Fsp3) is 0.100. The molecule has 0 unspecified atom stereocenters. The van der Waals surface area contributed by atoms with E-state index in [2.05, 4.69) is 10.3 Å². The third kappa shape index (κ3) is 3.35. The van der Waals surface area contributed by atoms with Gasteiger partial charge in [-0.25, -0.2) is 9.37 Å². The van der Waals surface area contributed by atoms with Crippen LogP contribution in [0.2, 0.25) is 0 Å². The number of rotatable bonds is 5. The van der Waals surface area contributed by atoms with E-state index in [9.17, 15) is 9.18 Å². The molecule has 0 bridgehead atoms. The molecule has 4 aromatic rings. The van der Waals surface area contributed by atoms with Crippen LogP contribution < -0.4 is 5.32 Å². The molecule has 2 aromatic carbocycles. The lowest BCUT2D eigenvalue weighted by Gasteiger charge is -2.03. The summed E-state index contributed by atoms with van der Waals surface area (Å²) in [5.41, 5.74) is 2.11. The monoisotopic (exact) mass is 350 g/mol. The lowest BCUT2D eigenvalue weighted by molar-refractivity contribution is 0.0954. The molecule has 1 N–H and O–H groups in total. The van der Waals surface area contributed by atoms with Crippen molar-refractivity contribution in [3.05, 3.63) is 78.0 Å². The lowest BCUT2D eigenvalue weighted by atomic mass is 10.2. The molecular weight excluding hydrogens is 335 g/mol. The Morgan fingerprint density at radius 2 is 2.04 bits per heavy atom. The molecule has 0 aliphatic heterocycles. The Labute approximate surface area is 148 Å². The summed E-state index contributed by atoms with van der Waals surface area (Å²) < 4.78 is 24.3. The van der Waals surface area contributed by atoms with E-state index < -0.39 is 0 Å². The first-order valence-electron chi connectivity index (χ1n) is 8.16. The van der Waals surface area contributed by atoms with Crippen LogP contribution in [-0.4, -0.2) is 17.4 Å². The fourth-order valence-corrected chi connectivity index (χ4v) is 2.67. The summed E-state index contributed by atoms with van der Waals surface area (Å²) in [6.45, 7) is 0.470. The standard InChI is InChI=1S/C20H15FN2O3/c21-15-4-1-3-14(11-15)20-23-17-12-13(6-7-18(17)26-20)19(24)22-9-8-16-5-2-10-25-16/h1-7,10-12H,8-9H2,(H,22,24). The molecule has 2 heterocycles. The maximum absolute atomic E-state index is 13.4. The van der Waals surface area contributed by atoms with E-state index in [1.54, 1.807) is 36.6 Å². The van der Waals surface area contributed by atoms with E-state index in [1.165, 1.54) is 12.1 Å². The highest BCUT2D eigenvalue weighted by Gasteiger charge is 2.12. The molecule has 0 aliphatic carbocycles. The maximum atomic E-state index is 13.4. The molecule has 0 atom stereocenters. The fourth-order valence-electron chi connectivity index (χ4n) is 2.67. The van der Waals surface area contributed by atoms with E-state index in [0.717, 1.165) is 5.76 Å². The largest absolute Gasteiger partial charge is 0.469 e. The van der Waals surface area contributed by atoms with Gasteiger partial charge in [-0.3, -0.25) is 4.79 Å². The predicted octanol–water partition coefficient (Wildman–Crippen LogP) is 4.20. The van der Waals surface area contributed by atoms with Gasteiger partial charge in [-0.1, -0.05) is 6.07 Å². The molecule has 0 spiro atoms.